The van der Waals surface area contributed by atoms with E-state index in [2.05, 4.69) is 41.5 Å². The fourth-order valence-corrected chi connectivity index (χ4v) is 2.19. The monoisotopic (exact) mass is 152 g/mol. The number of hydrogen-bond acceptors (Lipinski definition) is 0. The molecule has 0 aromatic heterocycles. The van der Waals surface area contributed by atoms with Gasteiger partial charge in [-0.3, -0.25) is 0 Å². The largest absolute Gasteiger partial charge is 0.0707 e. The molecular formula is C11H20. The van der Waals surface area contributed by atoms with Crippen molar-refractivity contribution in [2.45, 2.75) is 41.5 Å². The van der Waals surface area contributed by atoms with E-state index < -0.39 is 0 Å². The third kappa shape index (κ3) is 1.04. The van der Waals surface area contributed by atoms with Crippen molar-refractivity contribution in [1.82, 2.24) is 0 Å². The molecule has 0 heterocycles. The molecule has 2 atom stereocenters. The molecule has 0 bridgehead atoms. The van der Waals surface area contributed by atoms with E-state index in [0.717, 1.165) is 11.8 Å². The maximum atomic E-state index is 2.37. The van der Waals surface area contributed by atoms with Crippen molar-refractivity contribution in [2.75, 3.05) is 0 Å². The predicted molar refractivity (Wildman–Crippen MR) is 50.5 cm³/mol. The van der Waals surface area contributed by atoms with E-state index in [1.807, 2.05) is 0 Å². The van der Waals surface area contributed by atoms with Crippen molar-refractivity contribution in [3.05, 3.63) is 11.1 Å². The molecule has 11 heavy (non-hydrogen) atoms. The average Bonchev–Trinajstić information content (AvgIpc) is 2.06. The lowest BCUT2D eigenvalue weighted by Gasteiger charge is -2.28. The molecule has 0 spiro atoms. The molecule has 0 aromatic carbocycles. The maximum Gasteiger partial charge on any atom is -0.0114 e. The summed E-state index contributed by atoms with van der Waals surface area (Å²) in [6.07, 6.45) is 0. The van der Waals surface area contributed by atoms with Crippen molar-refractivity contribution in [3.63, 3.8) is 0 Å². The third-order valence-electron chi connectivity index (χ3n) is 4.13. The molecule has 0 saturated heterocycles. The van der Waals surface area contributed by atoms with Crippen molar-refractivity contribution in [2.24, 2.45) is 17.3 Å². The lowest BCUT2D eigenvalue weighted by Crippen LogP contribution is -2.20. The minimum atomic E-state index is 0.434. The van der Waals surface area contributed by atoms with Gasteiger partial charge in [0.25, 0.3) is 0 Å². The van der Waals surface area contributed by atoms with Crippen LogP contribution in [0.2, 0.25) is 0 Å². The quantitative estimate of drug-likeness (QED) is 0.465. The average molecular weight is 152 g/mol. The van der Waals surface area contributed by atoms with Gasteiger partial charge < -0.3 is 0 Å². The van der Waals surface area contributed by atoms with Crippen LogP contribution in [-0.2, 0) is 0 Å². The summed E-state index contributed by atoms with van der Waals surface area (Å²) >= 11 is 0. The number of allylic oxidation sites excluding steroid dienone is 2. The highest BCUT2D eigenvalue weighted by Gasteiger charge is 2.39. The molecule has 0 aromatic rings. The zero-order chi connectivity index (χ0) is 8.81. The molecule has 1 aliphatic rings. The van der Waals surface area contributed by atoms with Crippen LogP contribution in [0.3, 0.4) is 0 Å². The van der Waals surface area contributed by atoms with Gasteiger partial charge in [0.1, 0.15) is 0 Å². The summed E-state index contributed by atoms with van der Waals surface area (Å²) in [6.45, 7) is 14.0. The second kappa shape index (κ2) is 2.36. The summed E-state index contributed by atoms with van der Waals surface area (Å²) in [6, 6.07) is 0. The highest BCUT2D eigenvalue weighted by molar-refractivity contribution is 5.27. The lowest BCUT2D eigenvalue weighted by atomic mass is 9.76. The van der Waals surface area contributed by atoms with Gasteiger partial charge in [-0.15, -0.1) is 0 Å². The Morgan fingerprint density at radius 1 is 1.09 bits per heavy atom. The van der Waals surface area contributed by atoms with Crippen LogP contribution < -0.4 is 0 Å². The van der Waals surface area contributed by atoms with Crippen LogP contribution in [0.25, 0.3) is 0 Å². The minimum Gasteiger partial charge on any atom is -0.0707 e. The van der Waals surface area contributed by atoms with Gasteiger partial charge in [0.05, 0.1) is 0 Å². The fourth-order valence-electron chi connectivity index (χ4n) is 2.19. The van der Waals surface area contributed by atoms with Gasteiger partial charge in [-0.05, 0) is 31.1 Å². The molecule has 0 heteroatoms. The molecule has 1 aliphatic carbocycles. The first kappa shape index (κ1) is 8.83. The molecule has 2 unspecified atom stereocenters. The summed E-state index contributed by atoms with van der Waals surface area (Å²) in [5.74, 6) is 1.59. The Kier molecular flexibility index (Phi) is 1.90. The van der Waals surface area contributed by atoms with Gasteiger partial charge >= 0.3 is 0 Å². The van der Waals surface area contributed by atoms with E-state index in [4.69, 9.17) is 0 Å². The topological polar surface area (TPSA) is 0 Å². The molecule has 0 aliphatic heterocycles. The van der Waals surface area contributed by atoms with Crippen LogP contribution in [0.15, 0.2) is 11.1 Å². The molecule has 0 amide bonds. The fraction of sp³-hybridized carbons (Fsp3) is 0.818. The second-order valence-electron chi connectivity index (χ2n) is 4.61. The first-order valence-electron chi connectivity index (χ1n) is 4.57. The molecule has 0 fully saturated rings. The number of rotatable bonds is 0. The highest BCUT2D eigenvalue weighted by atomic mass is 14.4. The third-order valence-corrected chi connectivity index (χ3v) is 4.13. The van der Waals surface area contributed by atoms with Crippen molar-refractivity contribution in [1.29, 1.82) is 0 Å². The Morgan fingerprint density at radius 2 is 1.55 bits per heavy atom. The minimum absolute atomic E-state index is 0.434. The van der Waals surface area contributed by atoms with E-state index in [1.54, 1.807) is 11.1 Å². The van der Waals surface area contributed by atoms with Crippen molar-refractivity contribution in [3.8, 4) is 0 Å². The standard InChI is InChI=1S/C11H20/c1-7-8(2)10(4)11(5,6)9(7)3/h7,9H,1-6H3. The Morgan fingerprint density at radius 3 is 1.64 bits per heavy atom. The Hall–Kier alpha value is -0.260. The van der Waals surface area contributed by atoms with Gasteiger partial charge in [-0.2, -0.15) is 0 Å². The van der Waals surface area contributed by atoms with Crippen molar-refractivity contribution < 1.29 is 0 Å². The van der Waals surface area contributed by atoms with Gasteiger partial charge in [-0.1, -0.05) is 38.8 Å². The first-order valence-corrected chi connectivity index (χ1v) is 4.57. The zero-order valence-corrected chi connectivity index (χ0v) is 8.65. The van der Waals surface area contributed by atoms with Crippen LogP contribution in [-0.4, -0.2) is 0 Å². The van der Waals surface area contributed by atoms with Gasteiger partial charge in [0, 0.05) is 0 Å². The lowest BCUT2D eigenvalue weighted by molar-refractivity contribution is 0.267. The van der Waals surface area contributed by atoms with Crippen LogP contribution in [0.5, 0.6) is 0 Å². The van der Waals surface area contributed by atoms with E-state index >= 15 is 0 Å². The molecular weight excluding hydrogens is 132 g/mol. The Labute approximate surface area is 70.7 Å². The van der Waals surface area contributed by atoms with Crippen LogP contribution in [0.1, 0.15) is 41.5 Å². The van der Waals surface area contributed by atoms with Crippen molar-refractivity contribution >= 4 is 0 Å². The first-order chi connectivity index (χ1) is 4.89. The van der Waals surface area contributed by atoms with E-state index in [0.29, 0.717) is 5.41 Å². The predicted octanol–water partition coefficient (Wildman–Crippen LogP) is 3.63. The summed E-state index contributed by atoms with van der Waals surface area (Å²) in [5.41, 5.74) is 3.66. The Balaban J connectivity index is 3.06. The molecule has 0 nitrogen and oxygen atoms in total. The summed E-state index contributed by atoms with van der Waals surface area (Å²) in [7, 11) is 0. The van der Waals surface area contributed by atoms with E-state index in [-0.39, 0.29) is 0 Å². The van der Waals surface area contributed by atoms with Crippen LogP contribution >= 0.6 is 0 Å². The maximum absolute atomic E-state index is 2.37. The second-order valence-corrected chi connectivity index (χ2v) is 4.61. The van der Waals surface area contributed by atoms with Gasteiger partial charge in [0.2, 0.25) is 0 Å². The SMILES string of the molecule is CC1=C(C)C(C)(C)C(C)C1C. The molecule has 1 rings (SSSR count). The summed E-state index contributed by atoms with van der Waals surface area (Å²) in [4.78, 5) is 0. The van der Waals surface area contributed by atoms with E-state index in [1.165, 1.54) is 0 Å². The molecule has 0 saturated carbocycles. The molecule has 0 N–H and O–H groups in total. The molecule has 0 radical (unpaired) electrons. The van der Waals surface area contributed by atoms with E-state index in [9.17, 15) is 0 Å². The normalized spacial score (nSPS) is 36.5. The number of hydrogen-bond donors (Lipinski definition) is 0. The van der Waals surface area contributed by atoms with Gasteiger partial charge in [-0.25, -0.2) is 0 Å². The molecule has 64 valence electrons. The Bertz CT molecular complexity index is 196. The van der Waals surface area contributed by atoms with Gasteiger partial charge in [0.15, 0.2) is 0 Å². The summed E-state index contributed by atoms with van der Waals surface area (Å²) < 4.78 is 0. The van der Waals surface area contributed by atoms with Crippen LogP contribution in [0.4, 0.5) is 0 Å². The zero-order valence-electron chi connectivity index (χ0n) is 8.65. The van der Waals surface area contributed by atoms with Crippen LogP contribution in [0, 0.1) is 17.3 Å². The highest BCUT2D eigenvalue weighted by Crippen LogP contribution is 2.49. The summed E-state index contributed by atoms with van der Waals surface area (Å²) in [5, 5.41) is 0. The smallest absolute Gasteiger partial charge is 0.0114 e.